The highest BCUT2D eigenvalue weighted by Crippen LogP contribution is 2.28. The van der Waals surface area contributed by atoms with E-state index in [1.54, 1.807) is 4.90 Å². The van der Waals surface area contributed by atoms with Gasteiger partial charge in [-0.1, -0.05) is 6.92 Å². The second-order valence-electron chi connectivity index (χ2n) is 4.75. The fraction of sp³-hybridized carbons (Fsp3) is 0.583. The molecule has 0 spiro atoms. The van der Waals surface area contributed by atoms with Crippen LogP contribution in [0, 0.1) is 0 Å². The van der Waals surface area contributed by atoms with Crippen LogP contribution in [0.4, 0.5) is 23.9 Å². The number of rotatable bonds is 2. The Balaban J connectivity index is 2.11. The lowest BCUT2D eigenvalue weighted by Gasteiger charge is -2.39. The Morgan fingerprint density at radius 3 is 2.48 bits per heavy atom. The summed E-state index contributed by atoms with van der Waals surface area (Å²) in [6.07, 6.45) is -3.36. The molecule has 1 N–H and O–H groups in total. The molecule has 0 saturated carbocycles. The zero-order valence-electron chi connectivity index (χ0n) is 11.3. The van der Waals surface area contributed by atoms with E-state index >= 15 is 0 Å². The van der Waals surface area contributed by atoms with Gasteiger partial charge in [-0.05, 0) is 6.42 Å². The van der Waals surface area contributed by atoms with Gasteiger partial charge in [0.25, 0.3) is 0 Å². The number of alkyl halides is 3. The highest BCUT2D eigenvalue weighted by atomic mass is 19.4. The number of piperazine rings is 1. The molecule has 1 aromatic rings. The molecule has 1 fully saturated rings. The normalized spacial score (nSPS) is 19.7. The molecule has 6 nitrogen and oxygen atoms in total. The van der Waals surface area contributed by atoms with Crippen molar-refractivity contribution < 1.29 is 23.1 Å². The Labute approximate surface area is 119 Å². The lowest BCUT2D eigenvalue weighted by atomic mass is 10.1. The van der Waals surface area contributed by atoms with Crippen molar-refractivity contribution in [3.63, 3.8) is 0 Å². The fourth-order valence-corrected chi connectivity index (χ4v) is 2.27. The number of carboxylic acid groups (broad SMARTS) is 1. The highest BCUT2D eigenvalue weighted by Gasteiger charge is 2.33. The van der Waals surface area contributed by atoms with Gasteiger partial charge < -0.3 is 14.9 Å². The molecule has 1 aliphatic rings. The largest absolute Gasteiger partial charge is 0.465 e. The van der Waals surface area contributed by atoms with Crippen molar-refractivity contribution in [1.82, 2.24) is 14.9 Å². The minimum Gasteiger partial charge on any atom is -0.465 e. The van der Waals surface area contributed by atoms with Crippen molar-refractivity contribution >= 4 is 12.0 Å². The maximum Gasteiger partial charge on any atom is 0.419 e. The molecule has 2 heterocycles. The van der Waals surface area contributed by atoms with Crippen molar-refractivity contribution in [2.45, 2.75) is 25.6 Å². The molecule has 1 aromatic heterocycles. The molecule has 0 bridgehead atoms. The van der Waals surface area contributed by atoms with E-state index in [1.807, 2.05) is 6.92 Å². The summed E-state index contributed by atoms with van der Waals surface area (Å²) in [4.78, 5) is 21.6. The van der Waals surface area contributed by atoms with Crippen LogP contribution >= 0.6 is 0 Å². The Morgan fingerprint density at radius 2 is 2.00 bits per heavy atom. The summed E-state index contributed by atoms with van der Waals surface area (Å²) < 4.78 is 37.4. The summed E-state index contributed by atoms with van der Waals surface area (Å²) in [6, 6.07) is -0.220. The van der Waals surface area contributed by atoms with Crippen LogP contribution in [-0.2, 0) is 6.18 Å². The number of halogens is 3. The first-order chi connectivity index (χ1) is 9.82. The zero-order valence-corrected chi connectivity index (χ0v) is 11.3. The van der Waals surface area contributed by atoms with Crippen molar-refractivity contribution in [2.75, 3.05) is 24.5 Å². The third-order valence-electron chi connectivity index (χ3n) is 3.45. The number of aromatic nitrogens is 2. The summed E-state index contributed by atoms with van der Waals surface area (Å²) in [5.41, 5.74) is -0.900. The first-order valence-corrected chi connectivity index (χ1v) is 6.46. The Bertz CT molecular complexity index is 506. The summed E-state index contributed by atoms with van der Waals surface area (Å²) in [5.74, 6) is 0.187. The predicted molar refractivity (Wildman–Crippen MR) is 68.1 cm³/mol. The minimum atomic E-state index is -4.47. The van der Waals surface area contributed by atoms with E-state index < -0.39 is 17.8 Å². The summed E-state index contributed by atoms with van der Waals surface area (Å²) in [7, 11) is 0. The van der Waals surface area contributed by atoms with E-state index in [1.165, 1.54) is 4.90 Å². The standard InChI is InChI=1S/C12H15F3N4O2/c1-2-9-7-18(3-4-19(9)11(20)21)10-16-5-8(6-17-10)12(13,14)15/h5-6,9H,2-4,7H2,1H3,(H,20,21)/t9-/m0/s1. The molecule has 1 aliphatic heterocycles. The van der Waals surface area contributed by atoms with Gasteiger partial charge >= 0.3 is 12.3 Å². The molecule has 2 rings (SSSR count). The summed E-state index contributed by atoms with van der Waals surface area (Å²) in [6.45, 7) is 2.86. The monoisotopic (exact) mass is 304 g/mol. The van der Waals surface area contributed by atoms with E-state index in [2.05, 4.69) is 9.97 Å². The number of amides is 1. The molecule has 116 valence electrons. The van der Waals surface area contributed by atoms with Crippen LogP contribution in [0.1, 0.15) is 18.9 Å². The van der Waals surface area contributed by atoms with Gasteiger partial charge in [0.1, 0.15) is 0 Å². The van der Waals surface area contributed by atoms with Crippen LogP contribution in [0.25, 0.3) is 0 Å². The van der Waals surface area contributed by atoms with E-state index in [0.29, 0.717) is 19.5 Å². The van der Waals surface area contributed by atoms with E-state index in [0.717, 1.165) is 12.4 Å². The lowest BCUT2D eigenvalue weighted by molar-refractivity contribution is -0.138. The van der Waals surface area contributed by atoms with Crippen LogP contribution in [0.2, 0.25) is 0 Å². The molecule has 0 aromatic carbocycles. The van der Waals surface area contributed by atoms with Crippen molar-refractivity contribution in [1.29, 1.82) is 0 Å². The predicted octanol–water partition coefficient (Wildman–Crippen LogP) is 2.07. The van der Waals surface area contributed by atoms with Gasteiger partial charge in [-0.3, -0.25) is 0 Å². The third kappa shape index (κ3) is 3.34. The molecule has 0 aliphatic carbocycles. The molecule has 1 amide bonds. The molecule has 1 atom stereocenters. The number of hydrogen-bond donors (Lipinski definition) is 1. The second-order valence-corrected chi connectivity index (χ2v) is 4.75. The van der Waals surface area contributed by atoms with Gasteiger partial charge in [0, 0.05) is 32.0 Å². The average molecular weight is 304 g/mol. The lowest BCUT2D eigenvalue weighted by Crippen LogP contribution is -2.55. The van der Waals surface area contributed by atoms with Gasteiger partial charge in [-0.25, -0.2) is 14.8 Å². The van der Waals surface area contributed by atoms with Crippen LogP contribution in [0.5, 0.6) is 0 Å². The van der Waals surface area contributed by atoms with Crippen LogP contribution in [0.15, 0.2) is 12.4 Å². The van der Waals surface area contributed by atoms with Crippen LogP contribution in [0.3, 0.4) is 0 Å². The van der Waals surface area contributed by atoms with Crippen LogP contribution < -0.4 is 4.90 Å². The SMILES string of the molecule is CC[C@H]1CN(c2ncc(C(F)(F)F)cn2)CCN1C(=O)O. The van der Waals surface area contributed by atoms with Gasteiger partial charge in [-0.15, -0.1) is 0 Å². The number of carbonyl (C=O) groups is 1. The van der Waals surface area contributed by atoms with Crippen molar-refractivity contribution in [3.8, 4) is 0 Å². The number of nitrogens with zero attached hydrogens (tertiary/aromatic N) is 4. The van der Waals surface area contributed by atoms with Gasteiger partial charge in [-0.2, -0.15) is 13.2 Å². The molecular weight excluding hydrogens is 289 g/mol. The smallest absolute Gasteiger partial charge is 0.419 e. The van der Waals surface area contributed by atoms with E-state index in [4.69, 9.17) is 5.11 Å². The Morgan fingerprint density at radius 1 is 1.38 bits per heavy atom. The van der Waals surface area contributed by atoms with Crippen molar-refractivity contribution in [2.24, 2.45) is 0 Å². The third-order valence-corrected chi connectivity index (χ3v) is 3.45. The average Bonchev–Trinajstić information content (AvgIpc) is 2.45. The molecule has 21 heavy (non-hydrogen) atoms. The Kier molecular flexibility index (Phi) is 4.19. The second kappa shape index (κ2) is 5.74. The highest BCUT2D eigenvalue weighted by molar-refractivity contribution is 5.66. The van der Waals surface area contributed by atoms with Crippen LogP contribution in [-0.4, -0.2) is 51.7 Å². The van der Waals surface area contributed by atoms with Gasteiger partial charge in [0.2, 0.25) is 5.95 Å². The number of hydrogen-bond acceptors (Lipinski definition) is 4. The molecule has 1 saturated heterocycles. The fourth-order valence-electron chi connectivity index (χ4n) is 2.27. The summed E-state index contributed by atoms with van der Waals surface area (Å²) in [5, 5.41) is 9.07. The van der Waals surface area contributed by atoms with Gasteiger partial charge in [0.05, 0.1) is 11.6 Å². The van der Waals surface area contributed by atoms with E-state index in [-0.39, 0.29) is 18.5 Å². The van der Waals surface area contributed by atoms with E-state index in [9.17, 15) is 18.0 Å². The van der Waals surface area contributed by atoms with Gasteiger partial charge in [0.15, 0.2) is 0 Å². The maximum absolute atomic E-state index is 12.5. The first kappa shape index (κ1) is 15.3. The minimum absolute atomic E-state index is 0.187. The molecule has 0 unspecified atom stereocenters. The van der Waals surface area contributed by atoms with Crippen molar-refractivity contribution in [3.05, 3.63) is 18.0 Å². The first-order valence-electron chi connectivity index (χ1n) is 6.46. The maximum atomic E-state index is 12.5. The molecular formula is C12H15F3N4O2. The Hall–Kier alpha value is -2.06. The summed E-state index contributed by atoms with van der Waals surface area (Å²) >= 11 is 0. The number of anilines is 1. The zero-order chi connectivity index (χ0) is 15.6. The molecule has 9 heteroatoms. The topological polar surface area (TPSA) is 69.6 Å². The molecule has 0 radical (unpaired) electrons. The quantitative estimate of drug-likeness (QED) is 0.906.